The number of halogens is 1. The number of rotatable bonds is 3. The summed E-state index contributed by atoms with van der Waals surface area (Å²) in [5.41, 5.74) is 2.19. The molecule has 0 saturated carbocycles. The van der Waals surface area contributed by atoms with Gasteiger partial charge in [-0.2, -0.15) is 5.26 Å². The van der Waals surface area contributed by atoms with E-state index < -0.39 is 5.82 Å². The molecule has 3 heterocycles. The van der Waals surface area contributed by atoms with Gasteiger partial charge in [0.05, 0.1) is 23.9 Å². The lowest BCUT2D eigenvalue weighted by molar-refractivity contribution is 0.237. The summed E-state index contributed by atoms with van der Waals surface area (Å²) < 4.78 is 21.6. The largest absolute Gasteiger partial charge is 0.494 e. The summed E-state index contributed by atoms with van der Waals surface area (Å²) >= 11 is 1.33. The van der Waals surface area contributed by atoms with Crippen LogP contribution in [0.15, 0.2) is 18.3 Å². The first kappa shape index (κ1) is 18.3. The molecule has 1 spiro atoms. The first-order chi connectivity index (χ1) is 13.1. The number of hydrogen-bond donors (Lipinski definition) is 1. The Morgan fingerprint density at radius 2 is 2.04 bits per heavy atom. The third-order valence-electron chi connectivity index (χ3n) is 5.93. The molecule has 0 bridgehead atoms. The molecule has 0 unspecified atom stereocenters. The van der Waals surface area contributed by atoms with Crippen molar-refractivity contribution in [3.05, 3.63) is 29.7 Å². The first-order valence-corrected chi connectivity index (χ1v) is 9.86. The van der Waals surface area contributed by atoms with E-state index in [4.69, 9.17) is 9.88 Å². The van der Waals surface area contributed by atoms with E-state index >= 15 is 0 Å². The van der Waals surface area contributed by atoms with Crippen LogP contribution in [0.2, 0.25) is 0 Å². The fourth-order valence-electron chi connectivity index (χ4n) is 4.36. The molecule has 8 heteroatoms. The highest BCUT2D eigenvalue weighted by Gasteiger charge is 2.41. The zero-order chi connectivity index (χ0) is 19.0. The minimum Gasteiger partial charge on any atom is -0.494 e. The van der Waals surface area contributed by atoms with Crippen LogP contribution < -0.4 is 14.8 Å². The third kappa shape index (κ3) is 3.20. The average Bonchev–Trinajstić information content (AvgIpc) is 3.10. The number of nitrogens with zero attached hydrogens (tertiary/aromatic N) is 4. The van der Waals surface area contributed by atoms with Crippen molar-refractivity contribution in [2.75, 3.05) is 38.2 Å². The van der Waals surface area contributed by atoms with Gasteiger partial charge in [-0.3, -0.25) is 10.1 Å². The monoisotopic (exact) mass is 387 g/mol. The highest BCUT2D eigenvalue weighted by molar-refractivity contribution is 7.94. The van der Waals surface area contributed by atoms with E-state index in [2.05, 4.69) is 20.3 Å². The molecule has 2 aromatic rings. The van der Waals surface area contributed by atoms with Gasteiger partial charge < -0.3 is 9.64 Å². The number of benzene rings is 1. The van der Waals surface area contributed by atoms with Crippen LogP contribution in [0.3, 0.4) is 0 Å². The van der Waals surface area contributed by atoms with Crippen molar-refractivity contribution in [1.82, 2.24) is 9.29 Å². The lowest BCUT2D eigenvalue weighted by atomic mass is 9.77. The standard InChI is InChI=1S/C19H22FN5OS/c1-26-17-9-16-14(8-15(17)20)18(13(10-21)11-23-16)24-5-2-19(3-6-24)4-7-25(12-19)27-22/h8-9,11H,2-7,12,22H2,1H3. The van der Waals surface area contributed by atoms with Crippen LogP contribution in [0.4, 0.5) is 10.1 Å². The normalized spacial score (nSPS) is 19.6. The van der Waals surface area contributed by atoms with Crippen molar-refractivity contribution in [2.45, 2.75) is 19.3 Å². The van der Waals surface area contributed by atoms with E-state index in [1.54, 1.807) is 12.3 Å². The van der Waals surface area contributed by atoms with Gasteiger partial charge in [-0.15, -0.1) is 0 Å². The molecule has 1 aromatic carbocycles. The number of nitrogens with two attached hydrogens (primary N) is 1. The van der Waals surface area contributed by atoms with Crippen LogP contribution in [0, 0.1) is 22.6 Å². The SMILES string of the molecule is COc1cc2ncc(C#N)c(N3CCC4(CCN(SN)C4)CC3)c2cc1F. The fourth-order valence-corrected chi connectivity index (χ4v) is 4.90. The fraction of sp³-hybridized carbons (Fsp3) is 0.474. The molecule has 2 fully saturated rings. The zero-order valence-corrected chi connectivity index (χ0v) is 16.1. The summed E-state index contributed by atoms with van der Waals surface area (Å²) in [6.07, 6.45) is 4.80. The molecule has 2 aliphatic heterocycles. The average molecular weight is 387 g/mol. The van der Waals surface area contributed by atoms with Crippen LogP contribution in [0.25, 0.3) is 10.9 Å². The van der Waals surface area contributed by atoms with E-state index in [0.717, 1.165) is 51.1 Å². The third-order valence-corrected chi connectivity index (χ3v) is 6.54. The van der Waals surface area contributed by atoms with Crippen LogP contribution in [0.5, 0.6) is 5.75 Å². The molecular weight excluding hydrogens is 365 g/mol. The summed E-state index contributed by atoms with van der Waals surface area (Å²) in [5, 5.41) is 16.0. The van der Waals surface area contributed by atoms with E-state index in [9.17, 15) is 9.65 Å². The quantitative estimate of drug-likeness (QED) is 0.811. The molecule has 2 saturated heterocycles. The molecule has 0 radical (unpaired) electrons. The lowest BCUT2D eigenvalue weighted by Crippen LogP contribution is -2.41. The Kier molecular flexibility index (Phi) is 4.84. The molecule has 2 N–H and O–H groups in total. The van der Waals surface area contributed by atoms with Crippen molar-refractivity contribution in [3.8, 4) is 11.8 Å². The number of methoxy groups -OCH3 is 1. The lowest BCUT2D eigenvalue weighted by Gasteiger charge is -2.40. The van der Waals surface area contributed by atoms with Crippen molar-refractivity contribution in [2.24, 2.45) is 10.6 Å². The molecule has 27 heavy (non-hydrogen) atoms. The minimum atomic E-state index is -0.442. The molecule has 0 atom stereocenters. The number of pyridine rings is 1. The van der Waals surface area contributed by atoms with Gasteiger partial charge >= 0.3 is 0 Å². The maximum atomic E-state index is 14.4. The molecule has 1 aromatic heterocycles. The highest BCUT2D eigenvalue weighted by atomic mass is 32.2. The number of piperidine rings is 1. The van der Waals surface area contributed by atoms with Crippen molar-refractivity contribution < 1.29 is 9.13 Å². The predicted molar refractivity (Wildman–Crippen MR) is 105 cm³/mol. The molecule has 0 amide bonds. The molecular formula is C19H22FN5OS. The van der Waals surface area contributed by atoms with E-state index in [-0.39, 0.29) is 5.75 Å². The second-order valence-electron chi connectivity index (χ2n) is 7.34. The summed E-state index contributed by atoms with van der Waals surface area (Å²) in [6, 6.07) is 5.25. The van der Waals surface area contributed by atoms with E-state index in [1.807, 2.05) is 0 Å². The molecule has 6 nitrogen and oxygen atoms in total. The Morgan fingerprint density at radius 1 is 1.30 bits per heavy atom. The number of anilines is 1. The highest BCUT2D eigenvalue weighted by Crippen LogP contribution is 2.44. The first-order valence-electron chi connectivity index (χ1n) is 9.02. The number of nitriles is 1. The van der Waals surface area contributed by atoms with Crippen LogP contribution >= 0.6 is 12.1 Å². The zero-order valence-electron chi connectivity index (χ0n) is 15.2. The van der Waals surface area contributed by atoms with Gasteiger partial charge in [0.15, 0.2) is 11.6 Å². The van der Waals surface area contributed by atoms with Gasteiger partial charge in [0.2, 0.25) is 0 Å². The van der Waals surface area contributed by atoms with Crippen molar-refractivity contribution in [1.29, 1.82) is 5.26 Å². The Bertz CT molecular complexity index is 907. The smallest absolute Gasteiger partial charge is 0.165 e. The predicted octanol–water partition coefficient (Wildman–Crippen LogP) is 3.07. The Labute approximate surface area is 162 Å². The number of hydrogen-bond acceptors (Lipinski definition) is 7. The van der Waals surface area contributed by atoms with Crippen LogP contribution in [-0.4, -0.2) is 42.6 Å². The van der Waals surface area contributed by atoms with Gasteiger partial charge in [0, 0.05) is 56.0 Å². The number of fused-ring (bicyclic) bond motifs is 1. The van der Waals surface area contributed by atoms with Crippen molar-refractivity contribution in [3.63, 3.8) is 0 Å². The second kappa shape index (κ2) is 7.15. The minimum absolute atomic E-state index is 0.161. The number of ether oxygens (including phenoxy) is 1. The molecule has 4 rings (SSSR count). The number of aromatic nitrogens is 1. The summed E-state index contributed by atoms with van der Waals surface area (Å²) in [5.74, 6) is -0.281. The van der Waals surface area contributed by atoms with Crippen LogP contribution in [0.1, 0.15) is 24.8 Å². The van der Waals surface area contributed by atoms with Gasteiger partial charge in [-0.05, 0) is 30.7 Å². The summed E-state index contributed by atoms with van der Waals surface area (Å²) in [6.45, 7) is 3.71. The Balaban J connectivity index is 1.67. The van der Waals surface area contributed by atoms with Gasteiger partial charge in [0.25, 0.3) is 0 Å². The van der Waals surface area contributed by atoms with Gasteiger partial charge in [-0.25, -0.2) is 8.70 Å². The topological polar surface area (TPSA) is 78.4 Å². The molecule has 0 aliphatic carbocycles. The van der Waals surface area contributed by atoms with E-state index in [1.165, 1.54) is 25.3 Å². The summed E-state index contributed by atoms with van der Waals surface area (Å²) in [4.78, 5) is 6.54. The van der Waals surface area contributed by atoms with Gasteiger partial charge in [-0.1, -0.05) is 0 Å². The Morgan fingerprint density at radius 3 is 2.67 bits per heavy atom. The summed E-state index contributed by atoms with van der Waals surface area (Å²) in [7, 11) is 1.43. The van der Waals surface area contributed by atoms with Gasteiger partial charge in [0.1, 0.15) is 6.07 Å². The van der Waals surface area contributed by atoms with E-state index in [0.29, 0.717) is 21.9 Å². The van der Waals surface area contributed by atoms with Crippen molar-refractivity contribution >= 4 is 28.7 Å². The van der Waals surface area contributed by atoms with Crippen LogP contribution in [-0.2, 0) is 0 Å². The molecule has 142 valence electrons. The maximum absolute atomic E-state index is 14.4. The molecule has 2 aliphatic rings. The second-order valence-corrected chi connectivity index (χ2v) is 8.07. The maximum Gasteiger partial charge on any atom is 0.165 e. The Hall–Kier alpha value is -2.08.